The number of thiophene rings is 1. The van der Waals surface area contributed by atoms with Crippen molar-refractivity contribution in [1.82, 2.24) is 29.7 Å². The molecule has 1 amide bonds. The highest BCUT2D eigenvalue weighted by Crippen LogP contribution is 2.45. The molecule has 0 atom stereocenters. The molecule has 9 nitrogen and oxygen atoms in total. The van der Waals surface area contributed by atoms with Crippen LogP contribution in [-0.2, 0) is 0 Å². The van der Waals surface area contributed by atoms with Crippen molar-refractivity contribution < 1.29 is 9.18 Å². The first-order valence-corrected chi connectivity index (χ1v) is 15.9. The number of rotatable bonds is 7. The van der Waals surface area contributed by atoms with Crippen molar-refractivity contribution in [2.24, 2.45) is 0 Å². The van der Waals surface area contributed by atoms with E-state index in [4.69, 9.17) is 0 Å². The molecule has 5 heterocycles. The third-order valence-electron chi connectivity index (χ3n) is 9.14. The summed E-state index contributed by atoms with van der Waals surface area (Å²) in [7, 11) is 3.48. The van der Waals surface area contributed by atoms with Crippen molar-refractivity contribution in [1.29, 1.82) is 0 Å². The molecule has 0 radical (unpaired) electrons. The van der Waals surface area contributed by atoms with Crippen molar-refractivity contribution in [3.05, 3.63) is 34.8 Å². The van der Waals surface area contributed by atoms with Gasteiger partial charge in [-0.1, -0.05) is 19.8 Å². The van der Waals surface area contributed by atoms with Gasteiger partial charge in [-0.3, -0.25) is 9.69 Å². The minimum Gasteiger partial charge on any atom is -0.366 e. The molecule has 6 rings (SSSR count). The van der Waals surface area contributed by atoms with Gasteiger partial charge < -0.3 is 20.0 Å². The lowest BCUT2D eigenvalue weighted by molar-refractivity contribution is 0.0831. The normalized spacial score (nSPS) is 19.8. The van der Waals surface area contributed by atoms with Gasteiger partial charge in [0.05, 0.1) is 27.7 Å². The van der Waals surface area contributed by atoms with E-state index in [-0.39, 0.29) is 17.6 Å². The predicted molar refractivity (Wildman–Crippen MR) is 163 cm³/mol. The molecule has 41 heavy (non-hydrogen) atoms. The molecule has 0 bridgehead atoms. The molecule has 1 N–H and O–H groups in total. The average Bonchev–Trinajstić information content (AvgIpc) is 3.67. The van der Waals surface area contributed by atoms with E-state index in [1.807, 2.05) is 12.4 Å². The summed E-state index contributed by atoms with van der Waals surface area (Å²) in [4.78, 5) is 36.1. The van der Waals surface area contributed by atoms with Gasteiger partial charge in [0.1, 0.15) is 0 Å². The van der Waals surface area contributed by atoms with Crippen molar-refractivity contribution in [3.63, 3.8) is 0 Å². The average molecular weight is 581 g/mol. The molecular formula is C30H41FN8OS. The number of pyridine rings is 1. The summed E-state index contributed by atoms with van der Waals surface area (Å²) in [6, 6.07) is 0.692. The number of hydrogen-bond donors (Lipinski definition) is 1. The third-order valence-corrected chi connectivity index (χ3v) is 10.3. The summed E-state index contributed by atoms with van der Waals surface area (Å²) >= 11 is 1.34. The molecule has 0 unspecified atom stereocenters. The highest BCUT2D eigenvalue weighted by molar-refractivity contribution is 7.21. The van der Waals surface area contributed by atoms with Gasteiger partial charge in [0.2, 0.25) is 5.95 Å². The van der Waals surface area contributed by atoms with Gasteiger partial charge in [0.25, 0.3) is 5.91 Å². The first kappa shape index (κ1) is 28.2. The van der Waals surface area contributed by atoms with E-state index in [0.29, 0.717) is 27.0 Å². The van der Waals surface area contributed by atoms with E-state index in [1.165, 1.54) is 37.3 Å². The predicted octanol–water partition coefficient (Wildman–Crippen LogP) is 4.93. The Morgan fingerprint density at radius 2 is 1.68 bits per heavy atom. The van der Waals surface area contributed by atoms with Gasteiger partial charge in [-0.2, -0.15) is 0 Å². The van der Waals surface area contributed by atoms with E-state index < -0.39 is 5.82 Å². The fraction of sp³-hybridized carbons (Fsp3) is 0.600. The third kappa shape index (κ3) is 5.76. The molecule has 3 aromatic heterocycles. The number of amides is 1. The summed E-state index contributed by atoms with van der Waals surface area (Å²) in [5.41, 5.74) is 1.82. The monoisotopic (exact) mass is 580 g/mol. The SMILES string of the molecule is CCN1CCC(N2CCN(c3cnc(Nc4ncc5sc(C(=O)N(C)C)c(C6CCCC6)c5c4F)nc3)CC2)CC1. The molecule has 1 aliphatic carbocycles. The largest absolute Gasteiger partial charge is 0.366 e. The van der Waals surface area contributed by atoms with E-state index in [2.05, 4.69) is 41.9 Å². The number of piperazine rings is 1. The summed E-state index contributed by atoms with van der Waals surface area (Å²) in [6.07, 6.45) is 11.9. The second kappa shape index (κ2) is 12.1. The molecule has 0 aromatic carbocycles. The number of nitrogens with one attached hydrogen (secondary N) is 1. The molecule has 11 heteroatoms. The fourth-order valence-corrected chi connectivity index (χ4v) is 8.01. The lowest BCUT2D eigenvalue weighted by atomic mass is 9.94. The summed E-state index contributed by atoms with van der Waals surface area (Å²) in [6.45, 7) is 9.81. The molecule has 220 valence electrons. The second-order valence-electron chi connectivity index (χ2n) is 11.8. The van der Waals surface area contributed by atoms with Crippen LogP contribution in [0.1, 0.15) is 66.6 Å². The van der Waals surface area contributed by atoms with Crippen LogP contribution in [0, 0.1) is 5.82 Å². The molecule has 0 spiro atoms. The highest BCUT2D eigenvalue weighted by Gasteiger charge is 2.31. The standard InChI is InChI=1S/C30H41FN8OS/c1-4-37-11-9-21(10-12-37)38-13-15-39(16-14-38)22-17-33-30(34-18-22)35-28-26(31)25-23(19-32-28)41-27(29(40)36(2)3)24(25)20-7-5-6-8-20/h17-21H,4-16H2,1-3H3,(H,32,33,34,35). The van der Waals surface area contributed by atoms with Crippen molar-refractivity contribution >= 4 is 44.8 Å². The van der Waals surface area contributed by atoms with E-state index >= 15 is 4.39 Å². The highest BCUT2D eigenvalue weighted by atomic mass is 32.1. The Bertz CT molecular complexity index is 1360. The van der Waals surface area contributed by atoms with Crippen LogP contribution >= 0.6 is 11.3 Å². The van der Waals surface area contributed by atoms with Crippen molar-refractivity contribution in [2.45, 2.75) is 57.4 Å². The molecule has 3 aliphatic rings. The van der Waals surface area contributed by atoms with Crippen LogP contribution in [0.25, 0.3) is 10.1 Å². The van der Waals surface area contributed by atoms with E-state index in [9.17, 15) is 4.79 Å². The number of carbonyl (C=O) groups is 1. The Balaban J connectivity index is 1.15. The number of hydrogen-bond acceptors (Lipinski definition) is 9. The van der Waals surface area contributed by atoms with Crippen LogP contribution in [0.15, 0.2) is 18.6 Å². The number of halogens is 1. The minimum atomic E-state index is -0.438. The van der Waals surface area contributed by atoms with Crippen LogP contribution in [0.3, 0.4) is 0 Å². The van der Waals surface area contributed by atoms with Gasteiger partial charge >= 0.3 is 0 Å². The second-order valence-corrected chi connectivity index (χ2v) is 12.8. The molecular weight excluding hydrogens is 539 g/mol. The van der Waals surface area contributed by atoms with Crippen LogP contribution in [0.4, 0.5) is 21.8 Å². The topological polar surface area (TPSA) is 80.7 Å². The summed E-state index contributed by atoms with van der Waals surface area (Å²) in [5, 5.41) is 3.52. The number of aromatic nitrogens is 3. The lowest BCUT2D eigenvalue weighted by Gasteiger charge is -2.43. The van der Waals surface area contributed by atoms with Gasteiger partial charge in [0.15, 0.2) is 11.6 Å². The molecule has 3 aromatic rings. The van der Waals surface area contributed by atoms with E-state index in [1.54, 1.807) is 25.2 Å². The summed E-state index contributed by atoms with van der Waals surface area (Å²) < 4.78 is 16.7. The zero-order chi connectivity index (χ0) is 28.5. The molecule has 1 saturated carbocycles. The van der Waals surface area contributed by atoms with E-state index in [0.717, 1.165) is 69.7 Å². The number of piperidine rings is 1. The Labute approximate surface area is 245 Å². The Kier molecular flexibility index (Phi) is 8.37. The first-order valence-electron chi connectivity index (χ1n) is 15.1. The maximum atomic E-state index is 16.0. The minimum absolute atomic E-state index is 0.0800. The molecule has 2 saturated heterocycles. The maximum Gasteiger partial charge on any atom is 0.263 e. The van der Waals surface area contributed by atoms with Gasteiger partial charge in [-0.05, 0) is 56.8 Å². The van der Waals surface area contributed by atoms with Crippen LogP contribution in [-0.4, -0.2) is 102 Å². The van der Waals surface area contributed by atoms with Crippen LogP contribution < -0.4 is 10.2 Å². The Morgan fingerprint density at radius 1 is 1.00 bits per heavy atom. The maximum absolute atomic E-state index is 16.0. The number of likely N-dealkylation sites (tertiary alicyclic amines) is 1. The number of carbonyl (C=O) groups excluding carboxylic acids is 1. The lowest BCUT2D eigenvalue weighted by Crippen LogP contribution is -2.53. The Hall–Kier alpha value is -2.89. The van der Waals surface area contributed by atoms with Crippen LogP contribution in [0.5, 0.6) is 0 Å². The van der Waals surface area contributed by atoms with Crippen molar-refractivity contribution in [3.8, 4) is 0 Å². The van der Waals surface area contributed by atoms with Gasteiger partial charge in [-0.25, -0.2) is 19.3 Å². The zero-order valence-corrected chi connectivity index (χ0v) is 25.2. The van der Waals surface area contributed by atoms with Gasteiger partial charge in [-0.15, -0.1) is 11.3 Å². The smallest absolute Gasteiger partial charge is 0.263 e. The Morgan fingerprint density at radius 3 is 2.32 bits per heavy atom. The van der Waals surface area contributed by atoms with Crippen LogP contribution in [0.2, 0.25) is 0 Å². The van der Waals surface area contributed by atoms with Gasteiger partial charge in [0, 0.05) is 57.9 Å². The number of nitrogens with zero attached hydrogens (tertiary/aromatic N) is 7. The zero-order valence-electron chi connectivity index (χ0n) is 24.4. The first-order chi connectivity index (χ1) is 19.9. The number of fused-ring (bicyclic) bond motifs is 1. The number of anilines is 3. The quantitative estimate of drug-likeness (QED) is 0.421. The molecule has 2 aliphatic heterocycles. The summed E-state index contributed by atoms with van der Waals surface area (Å²) in [5.74, 6) is 0.0696. The fourth-order valence-electron chi connectivity index (χ4n) is 6.73. The van der Waals surface area contributed by atoms with Crippen molar-refractivity contribution in [2.75, 3.05) is 70.1 Å². The molecule has 3 fully saturated rings.